The van der Waals surface area contributed by atoms with E-state index in [1.54, 1.807) is 18.2 Å². The third-order valence-electron chi connectivity index (χ3n) is 2.12. The number of fused-ring (bicyclic) bond motifs is 1. The van der Waals surface area contributed by atoms with E-state index in [1.807, 2.05) is 0 Å². The number of hydrogen-bond donors (Lipinski definition) is 3. The highest BCUT2D eigenvalue weighted by Crippen LogP contribution is 2.32. The number of carboxylic acids is 1. The van der Waals surface area contributed by atoms with Gasteiger partial charge in [-0.15, -0.1) is 0 Å². The minimum absolute atomic E-state index is 0.0259. The Bertz CT molecular complexity index is 533. The molecule has 0 aliphatic carbocycles. The van der Waals surface area contributed by atoms with Crippen LogP contribution in [0.25, 0.3) is 10.9 Å². The molecule has 0 saturated heterocycles. The van der Waals surface area contributed by atoms with Crippen molar-refractivity contribution in [3.63, 3.8) is 0 Å². The lowest BCUT2D eigenvalue weighted by atomic mass is 10.2. The average Bonchev–Trinajstić information content (AvgIpc) is 2.54. The third kappa shape index (κ3) is 1.76. The molecular formula is C10H8ClNO3. The van der Waals surface area contributed by atoms with Crippen LogP contribution in [0.2, 0.25) is 5.02 Å². The van der Waals surface area contributed by atoms with Gasteiger partial charge in [0.25, 0.3) is 0 Å². The molecule has 4 nitrogen and oxygen atoms in total. The maximum Gasteiger partial charge on any atom is 0.309 e. The number of aromatic hydroxyl groups is 1. The van der Waals surface area contributed by atoms with E-state index < -0.39 is 5.97 Å². The Hall–Kier alpha value is -1.68. The first-order valence-corrected chi connectivity index (χ1v) is 4.66. The molecule has 0 aliphatic heterocycles. The predicted molar refractivity (Wildman–Crippen MR) is 56.3 cm³/mol. The maximum absolute atomic E-state index is 10.5. The van der Waals surface area contributed by atoms with Gasteiger partial charge in [-0.1, -0.05) is 11.6 Å². The summed E-state index contributed by atoms with van der Waals surface area (Å²) in [7, 11) is 0. The van der Waals surface area contributed by atoms with Crippen molar-refractivity contribution in [2.75, 3.05) is 0 Å². The van der Waals surface area contributed by atoms with Gasteiger partial charge in [0.15, 0.2) is 0 Å². The lowest BCUT2D eigenvalue weighted by molar-refractivity contribution is -0.136. The van der Waals surface area contributed by atoms with Crippen LogP contribution >= 0.6 is 11.6 Å². The van der Waals surface area contributed by atoms with Gasteiger partial charge in [-0.3, -0.25) is 4.79 Å². The van der Waals surface area contributed by atoms with Crippen molar-refractivity contribution in [1.82, 2.24) is 4.98 Å². The summed E-state index contributed by atoms with van der Waals surface area (Å²) in [4.78, 5) is 13.4. The third-order valence-corrected chi connectivity index (χ3v) is 2.43. The SMILES string of the molecule is O=C(O)Cc1cc2c(O)c(Cl)ccc2[nH]1. The molecule has 0 atom stereocenters. The van der Waals surface area contributed by atoms with E-state index in [9.17, 15) is 9.90 Å². The van der Waals surface area contributed by atoms with Gasteiger partial charge in [0, 0.05) is 16.6 Å². The van der Waals surface area contributed by atoms with E-state index in [-0.39, 0.29) is 17.2 Å². The Morgan fingerprint density at radius 2 is 2.20 bits per heavy atom. The summed E-state index contributed by atoms with van der Waals surface area (Å²) in [5, 5.41) is 19.0. The van der Waals surface area contributed by atoms with Crippen molar-refractivity contribution in [2.45, 2.75) is 6.42 Å². The number of phenolic OH excluding ortho intramolecular Hbond substituents is 1. The highest BCUT2D eigenvalue weighted by Gasteiger charge is 2.09. The topological polar surface area (TPSA) is 73.3 Å². The number of aromatic amines is 1. The molecule has 1 aromatic carbocycles. The number of carboxylic acid groups (broad SMARTS) is 1. The number of H-pyrrole nitrogens is 1. The van der Waals surface area contributed by atoms with Crippen LogP contribution in [0.1, 0.15) is 5.69 Å². The Morgan fingerprint density at radius 3 is 2.87 bits per heavy atom. The van der Waals surface area contributed by atoms with Crippen LogP contribution in [0.5, 0.6) is 5.75 Å². The first-order valence-electron chi connectivity index (χ1n) is 4.29. The zero-order valence-electron chi connectivity index (χ0n) is 7.62. The summed E-state index contributed by atoms with van der Waals surface area (Å²) in [6.45, 7) is 0. The first kappa shape index (κ1) is 9.86. The first-order chi connectivity index (χ1) is 7.08. The summed E-state index contributed by atoms with van der Waals surface area (Å²) >= 11 is 5.72. The van der Waals surface area contributed by atoms with Crippen molar-refractivity contribution < 1.29 is 15.0 Å². The van der Waals surface area contributed by atoms with Crippen LogP contribution in [0, 0.1) is 0 Å². The molecule has 15 heavy (non-hydrogen) atoms. The van der Waals surface area contributed by atoms with Crippen molar-refractivity contribution in [2.24, 2.45) is 0 Å². The normalized spacial score (nSPS) is 10.7. The standard InChI is InChI=1S/C10H8ClNO3/c11-7-1-2-8-6(10(7)15)3-5(12-8)4-9(13)14/h1-3,12,15H,4H2,(H,13,14). The van der Waals surface area contributed by atoms with Gasteiger partial charge in [0.2, 0.25) is 0 Å². The molecular weight excluding hydrogens is 218 g/mol. The Kier molecular flexibility index (Phi) is 2.28. The summed E-state index contributed by atoms with van der Waals surface area (Å²) in [6, 6.07) is 4.84. The number of nitrogens with one attached hydrogen (secondary N) is 1. The van der Waals surface area contributed by atoms with Crippen molar-refractivity contribution in [3.8, 4) is 5.75 Å². The van der Waals surface area contributed by atoms with Gasteiger partial charge in [0.05, 0.1) is 11.4 Å². The number of aromatic nitrogens is 1. The average molecular weight is 226 g/mol. The minimum Gasteiger partial charge on any atom is -0.506 e. The van der Waals surface area contributed by atoms with Crippen LogP contribution in [-0.4, -0.2) is 21.2 Å². The summed E-state index contributed by atoms with van der Waals surface area (Å²) in [5.41, 5.74) is 1.21. The van der Waals surface area contributed by atoms with Crippen molar-refractivity contribution in [1.29, 1.82) is 0 Å². The smallest absolute Gasteiger partial charge is 0.309 e. The van der Waals surface area contributed by atoms with E-state index in [0.717, 1.165) is 0 Å². The number of benzene rings is 1. The summed E-state index contributed by atoms with van der Waals surface area (Å²) < 4.78 is 0. The van der Waals surface area contributed by atoms with Gasteiger partial charge >= 0.3 is 5.97 Å². The fraction of sp³-hybridized carbons (Fsp3) is 0.100. The van der Waals surface area contributed by atoms with E-state index in [4.69, 9.17) is 16.7 Å². The van der Waals surface area contributed by atoms with E-state index in [1.165, 1.54) is 0 Å². The molecule has 1 aromatic heterocycles. The molecule has 2 rings (SSSR count). The van der Waals surface area contributed by atoms with Gasteiger partial charge in [-0.05, 0) is 18.2 Å². The molecule has 5 heteroatoms. The number of hydrogen-bond acceptors (Lipinski definition) is 2. The number of aliphatic carboxylic acids is 1. The summed E-state index contributed by atoms with van der Waals surface area (Å²) in [5.74, 6) is -0.950. The van der Waals surface area contributed by atoms with E-state index in [0.29, 0.717) is 16.6 Å². The molecule has 0 saturated carbocycles. The number of carbonyl (C=O) groups is 1. The lowest BCUT2D eigenvalue weighted by Crippen LogP contribution is -1.99. The van der Waals surface area contributed by atoms with Crippen molar-refractivity contribution >= 4 is 28.5 Å². The van der Waals surface area contributed by atoms with Gasteiger partial charge < -0.3 is 15.2 Å². The fourth-order valence-electron chi connectivity index (χ4n) is 1.48. The quantitative estimate of drug-likeness (QED) is 0.733. The van der Waals surface area contributed by atoms with Crippen LogP contribution in [0.15, 0.2) is 18.2 Å². The zero-order chi connectivity index (χ0) is 11.0. The highest BCUT2D eigenvalue weighted by atomic mass is 35.5. The number of halogens is 1. The largest absolute Gasteiger partial charge is 0.506 e. The van der Waals surface area contributed by atoms with Gasteiger partial charge in [-0.25, -0.2) is 0 Å². The highest BCUT2D eigenvalue weighted by molar-refractivity contribution is 6.33. The number of phenols is 1. The van der Waals surface area contributed by atoms with Crippen LogP contribution in [-0.2, 0) is 11.2 Å². The Labute approximate surface area is 90.1 Å². The van der Waals surface area contributed by atoms with Crippen LogP contribution < -0.4 is 0 Å². The lowest BCUT2D eigenvalue weighted by Gasteiger charge is -1.96. The monoisotopic (exact) mass is 225 g/mol. The molecule has 0 aliphatic rings. The molecule has 0 spiro atoms. The minimum atomic E-state index is -0.924. The van der Waals surface area contributed by atoms with Crippen LogP contribution in [0.3, 0.4) is 0 Å². The zero-order valence-corrected chi connectivity index (χ0v) is 8.38. The van der Waals surface area contributed by atoms with Gasteiger partial charge in [-0.2, -0.15) is 0 Å². The molecule has 2 aromatic rings. The summed E-state index contributed by atoms with van der Waals surface area (Å²) in [6.07, 6.45) is -0.105. The second-order valence-corrected chi connectivity index (χ2v) is 3.63. The molecule has 3 N–H and O–H groups in total. The predicted octanol–water partition coefficient (Wildman–Crippen LogP) is 2.15. The van der Waals surface area contributed by atoms with Gasteiger partial charge in [0.1, 0.15) is 5.75 Å². The van der Waals surface area contributed by atoms with E-state index in [2.05, 4.69) is 4.98 Å². The molecule has 0 radical (unpaired) electrons. The van der Waals surface area contributed by atoms with Crippen molar-refractivity contribution in [3.05, 3.63) is 28.9 Å². The molecule has 0 bridgehead atoms. The maximum atomic E-state index is 10.5. The second-order valence-electron chi connectivity index (χ2n) is 3.22. The molecule has 1 heterocycles. The van der Waals surface area contributed by atoms with E-state index >= 15 is 0 Å². The molecule has 0 amide bonds. The number of rotatable bonds is 2. The Morgan fingerprint density at radius 1 is 1.47 bits per heavy atom. The molecule has 0 fully saturated rings. The fourth-order valence-corrected chi connectivity index (χ4v) is 1.64. The Balaban J connectivity index is 2.56. The second kappa shape index (κ2) is 3.47. The molecule has 78 valence electrons. The van der Waals surface area contributed by atoms with Crippen LogP contribution in [0.4, 0.5) is 0 Å². The molecule has 0 unspecified atom stereocenters.